The molecular formula is C17H18N2O2. The Labute approximate surface area is 124 Å². The van der Waals surface area contributed by atoms with E-state index >= 15 is 0 Å². The monoisotopic (exact) mass is 282 g/mol. The summed E-state index contributed by atoms with van der Waals surface area (Å²) in [6.45, 7) is 1.17. The molecule has 21 heavy (non-hydrogen) atoms. The largest absolute Gasteiger partial charge is 0.493 e. The first-order valence-electron chi connectivity index (χ1n) is 6.70. The lowest BCUT2D eigenvalue weighted by Crippen LogP contribution is -2.06. The lowest BCUT2D eigenvalue weighted by atomic mass is 10.1. The van der Waals surface area contributed by atoms with Gasteiger partial charge in [-0.05, 0) is 42.4 Å². The standard InChI is InChI=1S/C17H18N2O2/c1-19-11-14-6-7-16(20-2)17(9-14)21-12-15-5-3-4-13(8-15)10-18/h3-9,19H,11-12H2,1-2H3. The van der Waals surface area contributed by atoms with E-state index in [0.29, 0.717) is 23.7 Å². The number of rotatable bonds is 6. The zero-order valence-electron chi connectivity index (χ0n) is 12.2. The Morgan fingerprint density at radius 1 is 1.10 bits per heavy atom. The molecule has 4 nitrogen and oxygen atoms in total. The van der Waals surface area contributed by atoms with Crippen molar-refractivity contribution in [1.82, 2.24) is 5.32 Å². The molecule has 0 atom stereocenters. The second-order valence-corrected chi connectivity index (χ2v) is 4.62. The molecule has 0 aliphatic carbocycles. The highest BCUT2D eigenvalue weighted by Gasteiger charge is 2.06. The van der Waals surface area contributed by atoms with Gasteiger partial charge >= 0.3 is 0 Å². The second kappa shape index (κ2) is 7.32. The van der Waals surface area contributed by atoms with Gasteiger partial charge in [0.25, 0.3) is 0 Å². The van der Waals surface area contributed by atoms with Crippen molar-refractivity contribution in [2.75, 3.05) is 14.2 Å². The molecule has 0 bridgehead atoms. The van der Waals surface area contributed by atoms with E-state index in [0.717, 1.165) is 17.7 Å². The van der Waals surface area contributed by atoms with E-state index in [1.807, 2.05) is 43.4 Å². The topological polar surface area (TPSA) is 54.3 Å². The van der Waals surface area contributed by atoms with E-state index < -0.39 is 0 Å². The van der Waals surface area contributed by atoms with Crippen LogP contribution in [0.5, 0.6) is 11.5 Å². The maximum atomic E-state index is 8.91. The number of hydrogen-bond acceptors (Lipinski definition) is 4. The summed E-state index contributed by atoms with van der Waals surface area (Å²) in [4.78, 5) is 0. The van der Waals surface area contributed by atoms with Crippen molar-refractivity contribution in [3.05, 3.63) is 59.2 Å². The summed E-state index contributed by atoms with van der Waals surface area (Å²) in [5, 5.41) is 12.0. The average molecular weight is 282 g/mol. The van der Waals surface area contributed by atoms with E-state index in [9.17, 15) is 0 Å². The molecule has 2 rings (SSSR count). The summed E-state index contributed by atoms with van der Waals surface area (Å²) in [5.74, 6) is 1.40. The Hall–Kier alpha value is -2.51. The van der Waals surface area contributed by atoms with Crippen molar-refractivity contribution in [1.29, 1.82) is 5.26 Å². The van der Waals surface area contributed by atoms with Gasteiger partial charge in [-0.15, -0.1) is 0 Å². The van der Waals surface area contributed by atoms with Crippen molar-refractivity contribution < 1.29 is 9.47 Å². The molecule has 0 fully saturated rings. The number of nitriles is 1. The van der Waals surface area contributed by atoms with Crippen LogP contribution in [-0.4, -0.2) is 14.2 Å². The number of nitrogens with one attached hydrogen (secondary N) is 1. The zero-order chi connectivity index (χ0) is 15.1. The molecular weight excluding hydrogens is 264 g/mol. The van der Waals surface area contributed by atoms with E-state index in [-0.39, 0.29) is 0 Å². The van der Waals surface area contributed by atoms with Crippen LogP contribution in [0.1, 0.15) is 16.7 Å². The van der Waals surface area contributed by atoms with Gasteiger partial charge in [-0.1, -0.05) is 18.2 Å². The van der Waals surface area contributed by atoms with Crippen molar-refractivity contribution in [3.8, 4) is 17.6 Å². The number of benzene rings is 2. The smallest absolute Gasteiger partial charge is 0.161 e. The molecule has 0 aliphatic heterocycles. The van der Waals surface area contributed by atoms with Crippen LogP contribution in [-0.2, 0) is 13.2 Å². The summed E-state index contributed by atoms with van der Waals surface area (Å²) >= 11 is 0. The third-order valence-corrected chi connectivity index (χ3v) is 3.06. The number of ether oxygens (including phenoxy) is 2. The first-order chi connectivity index (χ1) is 10.3. The number of nitrogens with zero attached hydrogens (tertiary/aromatic N) is 1. The Balaban J connectivity index is 2.14. The first kappa shape index (κ1) is 14.9. The molecule has 108 valence electrons. The molecule has 2 aromatic carbocycles. The second-order valence-electron chi connectivity index (χ2n) is 4.62. The van der Waals surface area contributed by atoms with Crippen molar-refractivity contribution >= 4 is 0 Å². The minimum Gasteiger partial charge on any atom is -0.493 e. The van der Waals surface area contributed by atoms with Crippen LogP contribution >= 0.6 is 0 Å². The van der Waals surface area contributed by atoms with Crippen LogP contribution in [0.15, 0.2) is 42.5 Å². The van der Waals surface area contributed by atoms with Gasteiger partial charge in [-0.3, -0.25) is 0 Å². The Morgan fingerprint density at radius 3 is 2.67 bits per heavy atom. The molecule has 0 unspecified atom stereocenters. The fraction of sp³-hybridized carbons (Fsp3) is 0.235. The van der Waals surface area contributed by atoms with Gasteiger partial charge in [0.2, 0.25) is 0 Å². The van der Waals surface area contributed by atoms with Gasteiger partial charge in [0.1, 0.15) is 6.61 Å². The maximum Gasteiger partial charge on any atom is 0.161 e. The highest BCUT2D eigenvalue weighted by Crippen LogP contribution is 2.28. The van der Waals surface area contributed by atoms with Gasteiger partial charge in [-0.25, -0.2) is 0 Å². The molecule has 0 saturated heterocycles. The van der Waals surface area contributed by atoms with Crippen molar-refractivity contribution in [2.24, 2.45) is 0 Å². The minimum absolute atomic E-state index is 0.398. The van der Waals surface area contributed by atoms with Crippen LogP contribution in [0.4, 0.5) is 0 Å². The highest BCUT2D eigenvalue weighted by atomic mass is 16.5. The number of hydrogen-bond donors (Lipinski definition) is 1. The Bertz CT molecular complexity index is 647. The molecule has 0 heterocycles. The summed E-state index contributed by atoms with van der Waals surface area (Å²) in [6, 6.07) is 15.4. The summed E-state index contributed by atoms with van der Waals surface area (Å²) in [6.07, 6.45) is 0. The quantitative estimate of drug-likeness (QED) is 0.885. The SMILES string of the molecule is CNCc1ccc(OC)c(OCc2cccc(C#N)c2)c1. The summed E-state index contributed by atoms with van der Waals surface area (Å²) in [7, 11) is 3.52. The molecule has 1 N–H and O–H groups in total. The van der Waals surface area contributed by atoms with Crippen LogP contribution in [0.3, 0.4) is 0 Å². The molecule has 0 saturated carbocycles. The highest BCUT2D eigenvalue weighted by molar-refractivity contribution is 5.43. The summed E-state index contributed by atoms with van der Waals surface area (Å²) in [5.41, 5.74) is 2.71. The molecule has 4 heteroatoms. The van der Waals surface area contributed by atoms with Gasteiger partial charge in [0.15, 0.2) is 11.5 Å². The average Bonchev–Trinajstić information content (AvgIpc) is 2.53. The fourth-order valence-electron chi connectivity index (χ4n) is 2.04. The molecule has 2 aromatic rings. The molecule has 0 aliphatic rings. The van der Waals surface area contributed by atoms with E-state index in [1.54, 1.807) is 13.2 Å². The third kappa shape index (κ3) is 3.98. The Kier molecular flexibility index (Phi) is 5.19. The molecule has 0 radical (unpaired) electrons. The van der Waals surface area contributed by atoms with Crippen molar-refractivity contribution in [3.63, 3.8) is 0 Å². The lowest BCUT2D eigenvalue weighted by molar-refractivity contribution is 0.284. The van der Waals surface area contributed by atoms with Gasteiger partial charge in [0, 0.05) is 6.54 Å². The number of methoxy groups -OCH3 is 1. The maximum absolute atomic E-state index is 8.91. The van der Waals surface area contributed by atoms with Gasteiger partial charge in [0.05, 0.1) is 18.7 Å². The normalized spacial score (nSPS) is 9.95. The van der Waals surface area contributed by atoms with Gasteiger partial charge < -0.3 is 14.8 Å². The Morgan fingerprint density at radius 2 is 1.95 bits per heavy atom. The minimum atomic E-state index is 0.398. The van der Waals surface area contributed by atoms with Crippen molar-refractivity contribution in [2.45, 2.75) is 13.2 Å². The van der Waals surface area contributed by atoms with E-state index in [2.05, 4.69) is 11.4 Å². The first-order valence-corrected chi connectivity index (χ1v) is 6.70. The lowest BCUT2D eigenvalue weighted by Gasteiger charge is -2.12. The van der Waals surface area contributed by atoms with Crippen LogP contribution in [0, 0.1) is 11.3 Å². The predicted octanol–water partition coefficient (Wildman–Crippen LogP) is 2.87. The van der Waals surface area contributed by atoms with Crippen LogP contribution in [0.25, 0.3) is 0 Å². The summed E-state index contributed by atoms with van der Waals surface area (Å²) < 4.78 is 11.2. The molecule has 0 spiro atoms. The van der Waals surface area contributed by atoms with Crippen LogP contribution in [0.2, 0.25) is 0 Å². The van der Waals surface area contributed by atoms with E-state index in [4.69, 9.17) is 14.7 Å². The van der Waals surface area contributed by atoms with E-state index in [1.165, 1.54) is 0 Å². The molecule has 0 amide bonds. The fourth-order valence-corrected chi connectivity index (χ4v) is 2.04. The zero-order valence-corrected chi connectivity index (χ0v) is 12.2. The predicted molar refractivity (Wildman–Crippen MR) is 81.2 cm³/mol. The van der Waals surface area contributed by atoms with Crippen LogP contribution < -0.4 is 14.8 Å². The molecule has 0 aromatic heterocycles. The third-order valence-electron chi connectivity index (χ3n) is 3.06. The van der Waals surface area contributed by atoms with Gasteiger partial charge in [-0.2, -0.15) is 5.26 Å².